The molecule has 4 aromatic rings. The maximum atomic E-state index is 5.01. The van der Waals surface area contributed by atoms with Crippen molar-refractivity contribution < 1.29 is 4.42 Å². The zero-order valence-electron chi connectivity index (χ0n) is 10.1. The predicted octanol–water partition coefficient (Wildman–Crippen LogP) is 2.65. The molecule has 6 heteroatoms. The molecule has 0 aliphatic rings. The fourth-order valence-electron chi connectivity index (χ4n) is 1.23. The van der Waals surface area contributed by atoms with Crippen molar-refractivity contribution in [3.63, 3.8) is 0 Å². The number of H-pyrrole nitrogens is 2. The molecule has 1 aromatic carbocycles. The standard InChI is InChI=1S/C7H5NO.2C3H4N2/c1-2-4-7-6(3-1)8-5-9-7;2*1-2-5-3-4-1/h1-5H;2*1-3H,(H,4,5). The number of hydrogen-bond donors (Lipinski definition) is 2. The predicted molar refractivity (Wildman–Crippen MR) is 71.2 cm³/mol. The van der Waals surface area contributed by atoms with Crippen LogP contribution in [-0.2, 0) is 0 Å². The summed E-state index contributed by atoms with van der Waals surface area (Å²) in [5, 5.41) is 0. The summed E-state index contributed by atoms with van der Waals surface area (Å²) in [6.45, 7) is 0. The molecule has 0 aliphatic heterocycles. The van der Waals surface area contributed by atoms with Gasteiger partial charge in [-0.25, -0.2) is 15.0 Å². The van der Waals surface area contributed by atoms with E-state index < -0.39 is 0 Å². The van der Waals surface area contributed by atoms with Crippen LogP contribution in [0.25, 0.3) is 11.1 Å². The van der Waals surface area contributed by atoms with Gasteiger partial charge in [-0.05, 0) is 12.1 Å². The van der Waals surface area contributed by atoms with Crippen LogP contribution in [0.3, 0.4) is 0 Å². The lowest BCUT2D eigenvalue weighted by Crippen LogP contribution is -1.61. The molecule has 3 heterocycles. The van der Waals surface area contributed by atoms with Gasteiger partial charge in [-0.2, -0.15) is 0 Å². The van der Waals surface area contributed by atoms with E-state index in [0.717, 1.165) is 11.1 Å². The maximum Gasteiger partial charge on any atom is 0.181 e. The lowest BCUT2D eigenvalue weighted by atomic mass is 10.3. The molecule has 0 aliphatic carbocycles. The second kappa shape index (κ2) is 7.44. The van der Waals surface area contributed by atoms with Crippen LogP contribution in [0.4, 0.5) is 0 Å². The zero-order valence-corrected chi connectivity index (χ0v) is 10.1. The minimum Gasteiger partial charge on any atom is -0.443 e. The van der Waals surface area contributed by atoms with E-state index in [9.17, 15) is 0 Å². The molecule has 2 N–H and O–H groups in total. The van der Waals surface area contributed by atoms with Crippen molar-refractivity contribution in [1.29, 1.82) is 0 Å². The van der Waals surface area contributed by atoms with Crippen molar-refractivity contribution in [3.05, 3.63) is 68.1 Å². The monoisotopic (exact) mass is 255 g/mol. The van der Waals surface area contributed by atoms with Crippen LogP contribution in [-0.4, -0.2) is 24.9 Å². The number of imidazole rings is 2. The molecule has 3 aromatic heterocycles. The van der Waals surface area contributed by atoms with E-state index in [-0.39, 0.29) is 0 Å². The van der Waals surface area contributed by atoms with Gasteiger partial charge in [-0.1, -0.05) is 12.1 Å². The molecule has 0 radical (unpaired) electrons. The smallest absolute Gasteiger partial charge is 0.181 e. The van der Waals surface area contributed by atoms with Crippen LogP contribution >= 0.6 is 0 Å². The minimum absolute atomic E-state index is 0.845. The number of rotatable bonds is 0. The van der Waals surface area contributed by atoms with Crippen molar-refractivity contribution in [2.45, 2.75) is 0 Å². The first-order valence-corrected chi connectivity index (χ1v) is 5.60. The number of nitrogens with one attached hydrogen (secondary N) is 2. The van der Waals surface area contributed by atoms with Crippen LogP contribution in [0.15, 0.2) is 72.5 Å². The van der Waals surface area contributed by atoms with E-state index >= 15 is 0 Å². The fraction of sp³-hybridized carbons (Fsp3) is 0. The van der Waals surface area contributed by atoms with Gasteiger partial charge in [0.05, 0.1) is 12.7 Å². The number of nitrogens with zero attached hydrogens (tertiary/aromatic N) is 3. The summed E-state index contributed by atoms with van der Waals surface area (Å²) < 4.78 is 5.01. The molecule has 0 unspecified atom stereocenters. The number of aromatic nitrogens is 5. The third-order valence-electron chi connectivity index (χ3n) is 2.05. The van der Waals surface area contributed by atoms with Crippen LogP contribution in [0.1, 0.15) is 0 Å². The Balaban J connectivity index is 0.000000114. The Bertz CT molecular complexity index is 552. The number of oxazole rings is 1. The molecule has 0 saturated heterocycles. The first-order valence-electron chi connectivity index (χ1n) is 5.60. The van der Waals surface area contributed by atoms with Gasteiger partial charge in [0.1, 0.15) is 5.52 Å². The Hall–Kier alpha value is -2.89. The van der Waals surface area contributed by atoms with Crippen LogP contribution in [0.2, 0.25) is 0 Å². The van der Waals surface area contributed by atoms with Crippen molar-refractivity contribution in [1.82, 2.24) is 24.9 Å². The lowest BCUT2D eigenvalue weighted by molar-refractivity contribution is 0.602. The number of para-hydroxylation sites is 2. The Morgan fingerprint density at radius 2 is 1.58 bits per heavy atom. The number of fused-ring (bicyclic) bond motifs is 1. The van der Waals surface area contributed by atoms with Gasteiger partial charge in [-0.3, -0.25) is 0 Å². The largest absolute Gasteiger partial charge is 0.443 e. The first kappa shape index (κ1) is 12.6. The molecular formula is C13H13N5O. The number of aromatic amines is 2. The molecule has 19 heavy (non-hydrogen) atoms. The highest BCUT2D eigenvalue weighted by atomic mass is 16.3. The summed E-state index contributed by atoms with van der Waals surface area (Å²) in [4.78, 5) is 16.8. The van der Waals surface area contributed by atoms with Gasteiger partial charge >= 0.3 is 0 Å². The van der Waals surface area contributed by atoms with Crippen molar-refractivity contribution in [2.75, 3.05) is 0 Å². The van der Waals surface area contributed by atoms with Gasteiger partial charge in [0.25, 0.3) is 0 Å². The summed E-state index contributed by atoms with van der Waals surface area (Å²) in [6.07, 6.45) is 11.6. The Kier molecular flexibility index (Phi) is 4.92. The van der Waals surface area contributed by atoms with Crippen molar-refractivity contribution >= 4 is 11.1 Å². The van der Waals surface area contributed by atoms with Crippen LogP contribution < -0.4 is 0 Å². The maximum absolute atomic E-state index is 5.01. The van der Waals surface area contributed by atoms with E-state index in [1.807, 2.05) is 24.3 Å². The lowest BCUT2D eigenvalue weighted by Gasteiger charge is -1.79. The average Bonchev–Trinajstić information content (AvgIpc) is 3.22. The highest BCUT2D eigenvalue weighted by Gasteiger charge is 1.91. The van der Waals surface area contributed by atoms with Crippen molar-refractivity contribution in [2.24, 2.45) is 0 Å². The van der Waals surface area contributed by atoms with Gasteiger partial charge in [0.15, 0.2) is 12.0 Å². The topological polar surface area (TPSA) is 83.4 Å². The Morgan fingerprint density at radius 3 is 2.05 bits per heavy atom. The Morgan fingerprint density at radius 1 is 0.895 bits per heavy atom. The van der Waals surface area contributed by atoms with Gasteiger partial charge in [0.2, 0.25) is 0 Å². The summed E-state index contributed by atoms with van der Waals surface area (Å²) in [5.74, 6) is 0. The number of hydrogen-bond acceptors (Lipinski definition) is 4. The minimum atomic E-state index is 0.845. The van der Waals surface area contributed by atoms with Gasteiger partial charge < -0.3 is 14.4 Å². The molecular weight excluding hydrogens is 242 g/mol. The summed E-state index contributed by atoms with van der Waals surface area (Å²) in [5.41, 5.74) is 1.76. The van der Waals surface area contributed by atoms with Crippen LogP contribution in [0.5, 0.6) is 0 Å². The molecule has 4 rings (SSSR count). The second-order valence-electron chi connectivity index (χ2n) is 3.34. The van der Waals surface area contributed by atoms with E-state index in [2.05, 4.69) is 24.9 Å². The quantitative estimate of drug-likeness (QED) is 0.506. The SMILES string of the molecule is c1c[nH]cn1.c1c[nH]cn1.c1ccc2ocnc2c1. The summed E-state index contributed by atoms with van der Waals surface area (Å²) >= 11 is 0. The molecule has 6 nitrogen and oxygen atoms in total. The zero-order chi connectivity index (χ0) is 13.2. The molecule has 0 spiro atoms. The highest BCUT2D eigenvalue weighted by molar-refractivity contribution is 5.71. The summed E-state index contributed by atoms with van der Waals surface area (Å²) in [6, 6.07) is 7.67. The molecule has 0 fully saturated rings. The Labute approximate surface area is 109 Å². The van der Waals surface area contributed by atoms with Crippen LogP contribution in [0, 0.1) is 0 Å². The van der Waals surface area contributed by atoms with Gasteiger partial charge in [-0.15, -0.1) is 0 Å². The third-order valence-corrected chi connectivity index (χ3v) is 2.05. The number of benzene rings is 1. The van der Waals surface area contributed by atoms with Crippen molar-refractivity contribution in [3.8, 4) is 0 Å². The molecule has 0 bridgehead atoms. The second-order valence-corrected chi connectivity index (χ2v) is 3.34. The van der Waals surface area contributed by atoms with E-state index in [1.165, 1.54) is 6.39 Å². The molecule has 96 valence electrons. The molecule has 0 atom stereocenters. The fourth-order valence-corrected chi connectivity index (χ4v) is 1.23. The summed E-state index contributed by atoms with van der Waals surface area (Å²) in [7, 11) is 0. The highest BCUT2D eigenvalue weighted by Crippen LogP contribution is 2.09. The van der Waals surface area contributed by atoms with E-state index in [0.29, 0.717) is 0 Å². The molecule has 0 amide bonds. The average molecular weight is 255 g/mol. The van der Waals surface area contributed by atoms with E-state index in [1.54, 1.807) is 37.4 Å². The molecule has 0 saturated carbocycles. The van der Waals surface area contributed by atoms with E-state index in [4.69, 9.17) is 4.42 Å². The van der Waals surface area contributed by atoms with Gasteiger partial charge in [0, 0.05) is 24.8 Å². The third kappa shape index (κ3) is 4.47. The normalized spacial score (nSPS) is 9.05. The first-order chi connectivity index (χ1) is 9.47.